The summed E-state index contributed by atoms with van der Waals surface area (Å²) in [4.78, 5) is 0. The van der Waals surface area contributed by atoms with Crippen molar-refractivity contribution in [2.75, 3.05) is 0 Å². The third-order valence-electron chi connectivity index (χ3n) is 4.78. The van der Waals surface area contributed by atoms with Crippen LogP contribution in [0.4, 0.5) is 13.2 Å². The van der Waals surface area contributed by atoms with Crippen molar-refractivity contribution in [1.29, 1.82) is 0 Å². The number of halogens is 3. The molecule has 0 bridgehead atoms. The van der Waals surface area contributed by atoms with Crippen molar-refractivity contribution in [3.63, 3.8) is 0 Å². The summed E-state index contributed by atoms with van der Waals surface area (Å²) in [6.07, 6.45) is 2.00. The zero-order valence-electron chi connectivity index (χ0n) is 12.8. The van der Waals surface area contributed by atoms with Gasteiger partial charge < -0.3 is 5.73 Å². The Labute approximate surface area is 124 Å². The van der Waals surface area contributed by atoms with Gasteiger partial charge in [-0.15, -0.1) is 0 Å². The highest BCUT2D eigenvalue weighted by atomic mass is 19.4. The van der Waals surface area contributed by atoms with Gasteiger partial charge in [-0.2, -0.15) is 13.2 Å². The average molecular weight is 299 g/mol. The summed E-state index contributed by atoms with van der Waals surface area (Å²) >= 11 is 0. The lowest BCUT2D eigenvalue weighted by Gasteiger charge is -2.38. The van der Waals surface area contributed by atoms with Crippen LogP contribution < -0.4 is 5.73 Å². The fraction of sp³-hybridized carbons (Fsp3) is 0.647. The van der Waals surface area contributed by atoms with Crippen molar-refractivity contribution in [2.24, 2.45) is 11.7 Å². The van der Waals surface area contributed by atoms with Crippen LogP contribution in [0.1, 0.15) is 62.1 Å². The van der Waals surface area contributed by atoms with Crippen LogP contribution in [-0.4, -0.2) is 0 Å². The standard InChI is InChI=1S/C17H24F3N/c1-3-4-13-7-9-16(21,10-8-13)15-6-5-14(11-12(15)2)17(18,19)20/h5-6,11,13H,3-4,7-10,21H2,1-2H3. The third-order valence-corrected chi connectivity index (χ3v) is 4.78. The van der Waals surface area contributed by atoms with E-state index in [1.165, 1.54) is 18.9 Å². The summed E-state index contributed by atoms with van der Waals surface area (Å²) in [7, 11) is 0. The maximum Gasteiger partial charge on any atom is 0.416 e. The first-order chi connectivity index (χ1) is 9.76. The van der Waals surface area contributed by atoms with Gasteiger partial charge in [-0.3, -0.25) is 0 Å². The minimum absolute atomic E-state index is 0.460. The molecule has 118 valence electrons. The molecule has 0 atom stereocenters. The zero-order valence-corrected chi connectivity index (χ0v) is 12.8. The maximum absolute atomic E-state index is 12.7. The Bertz CT molecular complexity index is 485. The molecule has 0 radical (unpaired) electrons. The quantitative estimate of drug-likeness (QED) is 0.820. The van der Waals surface area contributed by atoms with Gasteiger partial charge in [0.05, 0.1) is 5.56 Å². The van der Waals surface area contributed by atoms with Crippen LogP contribution in [0.15, 0.2) is 18.2 Å². The van der Waals surface area contributed by atoms with Crippen molar-refractivity contribution in [1.82, 2.24) is 0 Å². The van der Waals surface area contributed by atoms with Crippen LogP contribution in [-0.2, 0) is 11.7 Å². The first-order valence-electron chi connectivity index (χ1n) is 7.73. The highest BCUT2D eigenvalue weighted by Gasteiger charge is 2.36. The van der Waals surface area contributed by atoms with Crippen LogP contribution in [0.3, 0.4) is 0 Å². The summed E-state index contributed by atoms with van der Waals surface area (Å²) in [5.74, 6) is 0.724. The van der Waals surface area contributed by atoms with E-state index in [9.17, 15) is 13.2 Å². The van der Waals surface area contributed by atoms with Gasteiger partial charge in [-0.05, 0) is 61.8 Å². The molecular formula is C17H24F3N. The van der Waals surface area contributed by atoms with Crippen LogP contribution in [0.5, 0.6) is 0 Å². The number of rotatable bonds is 3. The number of alkyl halides is 3. The molecule has 1 aromatic carbocycles. The summed E-state index contributed by atoms with van der Waals surface area (Å²) in [5, 5.41) is 0. The predicted octanol–water partition coefficient (Wildman–Crippen LogP) is 5.16. The lowest BCUT2D eigenvalue weighted by molar-refractivity contribution is -0.137. The molecule has 1 saturated carbocycles. The molecule has 0 unspecified atom stereocenters. The summed E-state index contributed by atoms with van der Waals surface area (Å²) in [6.45, 7) is 3.92. The normalized spacial score (nSPS) is 26.9. The van der Waals surface area contributed by atoms with Gasteiger partial charge in [0, 0.05) is 5.54 Å². The molecule has 0 aliphatic heterocycles. The van der Waals surface area contributed by atoms with E-state index < -0.39 is 17.3 Å². The number of aryl methyl sites for hydroxylation is 1. The molecule has 1 aliphatic rings. The minimum Gasteiger partial charge on any atom is -0.321 e. The number of hydrogen-bond acceptors (Lipinski definition) is 1. The number of benzene rings is 1. The molecule has 0 saturated heterocycles. The van der Waals surface area contributed by atoms with Crippen molar-refractivity contribution >= 4 is 0 Å². The van der Waals surface area contributed by atoms with E-state index in [0.717, 1.165) is 43.2 Å². The van der Waals surface area contributed by atoms with Gasteiger partial charge in [0.1, 0.15) is 0 Å². The summed E-state index contributed by atoms with van der Waals surface area (Å²) in [5.41, 5.74) is 7.00. The lowest BCUT2D eigenvalue weighted by atomic mass is 9.71. The molecule has 1 fully saturated rings. The second-order valence-corrected chi connectivity index (χ2v) is 6.42. The first-order valence-corrected chi connectivity index (χ1v) is 7.73. The van der Waals surface area contributed by atoms with E-state index in [-0.39, 0.29) is 0 Å². The van der Waals surface area contributed by atoms with Gasteiger partial charge in [-0.25, -0.2) is 0 Å². The smallest absolute Gasteiger partial charge is 0.321 e. The molecule has 1 aliphatic carbocycles. The molecule has 0 aromatic heterocycles. The van der Waals surface area contributed by atoms with E-state index in [2.05, 4.69) is 6.92 Å². The van der Waals surface area contributed by atoms with Gasteiger partial charge in [0.25, 0.3) is 0 Å². The molecule has 21 heavy (non-hydrogen) atoms. The van der Waals surface area contributed by atoms with Crippen LogP contribution in [0, 0.1) is 12.8 Å². The average Bonchev–Trinajstić information content (AvgIpc) is 2.40. The number of nitrogens with two attached hydrogens (primary N) is 1. The topological polar surface area (TPSA) is 26.0 Å². The van der Waals surface area contributed by atoms with Gasteiger partial charge in [-0.1, -0.05) is 25.8 Å². The molecular weight excluding hydrogens is 275 g/mol. The third kappa shape index (κ3) is 3.60. The van der Waals surface area contributed by atoms with Crippen LogP contribution >= 0.6 is 0 Å². The van der Waals surface area contributed by atoms with Crippen LogP contribution in [0.25, 0.3) is 0 Å². The Kier molecular flexibility index (Phi) is 4.66. The van der Waals surface area contributed by atoms with Gasteiger partial charge >= 0.3 is 6.18 Å². The molecule has 0 heterocycles. The molecule has 1 nitrogen and oxygen atoms in total. The Morgan fingerprint density at radius 3 is 2.33 bits per heavy atom. The largest absolute Gasteiger partial charge is 0.416 e. The van der Waals surface area contributed by atoms with E-state index in [0.29, 0.717) is 5.56 Å². The summed E-state index contributed by atoms with van der Waals surface area (Å²) in [6, 6.07) is 3.97. The van der Waals surface area contributed by atoms with Gasteiger partial charge in [0.2, 0.25) is 0 Å². The second-order valence-electron chi connectivity index (χ2n) is 6.42. The van der Waals surface area contributed by atoms with E-state index >= 15 is 0 Å². The van der Waals surface area contributed by atoms with Crippen molar-refractivity contribution in [2.45, 2.75) is 64.1 Å². The van der Waals surface area contributed by atoms with Crippen molar-refractivity contribution in [3.8, 4) is 0 Å². The van der Waals surface area contributed by atoms with Crippen LogP contribution in [0.2, 0.25) is 0 Å². The van der Waals surface area contributed by atoms with Crippen molar-refractivity contribution in [3.05, 3.63) is 34.9 Å². The van der Waals surface area contributed by atoms with E-state index in [1.54, 1.807) is 13.0 Å². The lowest BCUT2D eigenvalue weighted by Crippen LogP contribution is -2.41. The van der Waals surface area contributed by atoms with E-state index in [1.807, 2.05) is 0 Å². The molecule has 2 N–H and O–H groups in total. The highest BCUT2D eigenvalue weighted by molar-refractivity contribution is 5.37. The highest BCUT2D eigenvalue weighted by Crippen LogP contribution is 2.41. The SMILES string of the molecule is CCCC1CCC(N)(c2ccc(C(F)(F)F)cc2C)CC1. The molecule has 0 amide bonds. The van der Waals surface area contributed by atoms with Gasteiger partial charge in [0.15, 0.2) is 0 Å². The summed E-state index contributed by atoms with van der Waals surface area (Å²) < 4.78 is 38.2. The fourth-order valence-electron chi connectivity index (χ4n) is 3.56. The Morgan fingerprint density at radius 2 is 1.86 bits per heavy atom. The Balaban J connectivity index is 2.19. The molecule has 4 heteroatoms. The first kappa shape index (κ1) is 16.3. The Morgan fingerprint density at radius 1 is 1.24 bits per heavy atom. The molecule has 1 aromatic rings. The maximum atomic E-state index is 12.7. The second kappa shape index (κ2) is 5.99. The minimum atomic E-state index is -4.29. The number of hydrogen-bond donors (Lipinski definition) is 1. The Hall–Kier alpha value is -1.03. The van der Waals surface area contributed by atoms with Crippen molar-refractivity contribution < 1.29 is 13.2 Å². The molecule has 2 rings (SSSR count). The predicted molar refractivity (Wildman–Crippen MR) is 78.9 cm³/mol. The monoisotopic (exact) mass is 299 g/mol. The zero-order chi connectivity index (χ0) is 15.7. The fourth-order valence-corrected chi connectivity index (χ4v) is 3.56. The van der Waals surface area contributed by atoms with E-state index in [4.69, 9.17) is 5.73 Å². The molecule has 0 spiro atoms.